The summed E-state index contributed by atoms with van der Waals surface area (Å²) in [7, 11) is 3.28. The number of unbranched alkanes of at least 4 members (excludes halogenated alkanes) is 1. The molecule has 0 aromatic heterocycles. The van der Waals surface area contributed by atoms with Crippen LogP contribution in [0.3, 0.4) is 0 Å². The summed E-state index contributed by atoms with van der Waals surface area (Å²) in [6, 6.07) is 18.9. The van der Waals surface area contributed by atoms with Crippen LogP contribution < -0.4 is 15.2 Å². The summed E-state index contributed by atoms with van der Waals surface area (Å²) >= 11 is 0. The molecule has 4 aromatic rings. The molecule has 12 heteroatoms. The number of nitrogens with two attached hydrogens (primary N) is 1. The Morgan fingerprint density at radius 3 is 2.10 bits per heavy atom. The number of benzene rings is 4. The van der Waals surface area contributed by atoms with Crippen LogP contribution in [0.15, 0.2) is 79.4 Å². The number of halogens is 5. The first-order chi connectivity index (χ1) is 28.8. The van der Waals surface area contributed by atoms with Crippen LogP contribution in [0.25, 0.3) is 27.5 Å². The number of carboxylic acid groups (broad SMARTS) is 1. The normalized spacial score (nSPS) is 14.2. The van der Waals surface area contributed by atoms with Gasteiger partial charge < -0.3 is 20.3 Å². The number of aliphatic carboxylic acids is 1. The number of hydrogen-bond acceptors (Lipinski definition) is 5. The van der Waals surface area contributed by atoms with Crippen molar-refractivity contribution in [2.24, 2.45) is 11.7 Å². The Balaban J connectivity index is 0.000000362. The van der Waals surface area contributed by atoms with Gasteiger partial charge in [-0.1, -0.05) is 107 Å². The van der Waals surface area contributed by atoms with E-state index in [1.54, 1.807) is 34.1 Å². The first-order valence-electron chi connectivity index (χ1n) is 20.6. The Kier molecular flexibility index (Phi) is 21.7. The van der Waals surface area contributed by atoms with Crippen molar-refractivity contribution in [1.29, 1.82) is 0 Å². The molecule has 2 unspecified atom stereocenters. The van der Waals surface area contributed by atoms with Crippen LogP contribution in [0.2, 0.25) is 0 Å². The van der Waals surface area contributed by atoms with E-state index in [1.807, 2.05) is 48.5 Å². The molecule has 2 atom stereocenters. The van der Waals surface area contributed by atoms with Crippen LogP contribution >= 0.6 is 0 Å². The van der Waals surface area contributed by atoms with E-state index in [2.05, 4.69) is 44.4 Å². The second kappa shape index (κ2) is 25.5. The van der Waals surface area contributed by atoms with Crippen molar-refractivity contribution in [2.45, 2.75) is 105 Å². The lowest BCUT2D eigenvalue weighted by Gasteiger charge is -2.20. The molecule has 3 N–H and O–H groups in total. The van der Waals surface area contributed by atoms with E-state index in [0.29, 0.717) is 48.6 Å². The van der Waals surface area contributed by atoms with Gasteiger partial charge in [0.2, 0.25) is 0 Å². The Bertz CT molecular complexity index is 2030. The van der Waals surface area contributed by atoms with Crippen molar-refractivity contribution < 1.29 is 46.1 Å². The molecule has 0 aliphatic carbocycles. The van der Waals surface area contributed by atoms with Crippen molar-refractivity contribution in [3.8, 4) is 22.6 Å². The number of carbonyl (C=O) groups excluding carboxylic acids is 1. The first-order valence-corrected chi connectivity index (χ1v) is 20.6. The lowest BCUT2D eigenvalue weighted by molar-refractivity contribution is -0.137. The summed E-state index contributed by atoms with van der Waals surface area (Å²) in [5.74, 6) is 0.0204. The van der Waals surface area contributed by atoms with Crippen LogP contribution in [0.1, 0.15) is 106 Å². The van der Waals surface area contributed by atoms with E-state index in [1.165, 1.54) is 25.3 Å². The summed E-state index contributed by atoms with van der Waals surface area (Å²) in [4.78, 5) is 24.1. The minimum absolute atomic E-state index is 0.0463. The average Bonchev–Trinajstić information content (AvgIpc) is 3.63. The summed E-state index contributed by atoms with van der Waals surface area (Å²) in [5.41, 5.74) is 10.8. The number of rotatable bonds is 14. The molecule has 5 rings (SSSR count). The van der Waals surface area contributed by atoms with Gasteiger partial charge in [-0.2, -0.15) is 13.2 Å². The first kappa shape index (κ1) is 51.9. The van der Waals surface area contributed by atoms with Gasteiger partial charge in [0.1, 0.15) is 23.5 Å². The molecule has 0 bridgehead atoms. The highest BCUT2D eigenvalue weighted by atomic mass is 19.4. The quantitative estimate of drug-likeness (QED) is 0.0967. The molecule has 1 heterocycles. The molecular weight excluding hydrogens is 792 g/mol. The standard InChI is InChI=1S/C26H28FNO4.C11H12FNO.C9H18.C3H5F3/c1-31-23-13-17(15-28-12-11-19(27)16-28)14-24(32-2)26(23)22-8-4-6-20-18(9-10-25(29)30)5-3-7-21(20)22;1-6(2)8-4-7(3)10(11(13)14)9(12)5-8;1-4-6-7-8-9(3)5-2;1-2-3(4,5)6/h3-8,13-14,19H,9-12,15-16H2,1-2H3,(H,29,30);4-5H,1H2,2-3H3,(H2,13,14);7-9H,4-6H2,1-3H3;2H2,1H3/b;;8-7-;. The minimum atomic E-state index is -3.96. The molecule has 61 heavy (non-hydrogen) atoms. The van der Waals surface area contributed by atoms with Crippen LogP contribution in [0, 0.1) is 18.7 Å². The molecule has 4 aromatic carbocycles. The molecule has 1 fully saturated rings. The topological polar surface area (TPSA) is 102 Å². The molecule has 7 nitrogen and oxygen atoms in total. The number of primary amides is 1. The van der Waals surface area contributed by atoms with E-state index in [-0.39, 0.29) is 12.0 Å². The number of carboxylic acids is 1. The van der Waals surface area contributed by atoms with Crippen molar-refractivity contribution in [2.75, 3.05) is 27.3 Å². The Hall–Kier alpha value is -5.23. The number of carbonyl (C=O) groups is 2. The third-order valence-electron chi connectivity index (χ3n) is 10.1. The van der Waals surface area contributed by atoms with Gasteiger partial charge in [0.05, 0.1) is 25.3 Å². The third kappa shape index (κ3) is 17.0. The van der Waals surface area contributed by atoms with Gasteiger partial charge in [-0.05, 0) is 95.8 Å². The van der Waals surface area contributed by atoms with Gasteiger partial charge in [0.25, 0.3) is 5.91 Å². The Labute approximate surface area is 358 Å². The number of alkyl halides is 4. The maximum atomic E-state index is 13.6. The van der Waals surface area contributed by atoms with Crippen molar-refractivity contribution in [1.82, 2.24) is 4.90 Å². The van der Waals surface area contributed by atoms with Gasteiger partial charge in [-0.3, -0.25) is 14.5 Å². The van der Waals surface area contributed by atoms with Crippen molar-refractivity contribution in [3.05, 3.63) is 113 Å². The Morgan fingerprint density at radius 1 is 1.02 bits per heavy atom. The number of ether oxygens (including phenoxy) is 2. The van der Waals surface area contributed by atoms with Crippen molar-refractivity contribution >= 4 is 28.2 Å². The van der Waals surface area contributed by atoms with Gasteiger partial charge in [0, 0.05) is 32.5 Å². The number of aryl methyl sites for hydroxylation is 2. The molecule has 0 saturated carbocycles. The SMILES string of the molecule is C=C(C)c1cc(C)c(C(N)=O)c(F)c1.CCC(F)(F)F.CCC/C=C\C(C)CC.COc1cc(CN2CCC(F)C2)cc(OC)c1-c1cccc2c(CCC(=O)O)cccc12. The zero-order valence-electron chi connectivity index (χ0n) is 36.9. The van der Waals surface area contributed by atoms with Gasteiger partial charge in [-0.15, -0.1) is 0 Å². The second-order valence-corrected chi connectivity index (χ2v) is 15.1. The van der Waals surface area contributed by atoms with Gasteiger partial charge in [0.15, 0.2) is 0 Å². The van der Waals surface area contributed by atoms with Gasteiger partial charge in [-0.25, -0.2) is 8.78 Å². The smallest absolute Gasteiger partial charge is 0.388 e. The molecule has 1 aliphatic rings. The van der Waals surface area contributed by atoms with E-state index >= 15 is 0 Å². The molecule has 1 amide bonds. The van der Waals surface area contributed by atoms with Crippen LogP contribution in [0.4, 0.5) is 22.0 Å². The van der Waals surface area contributed by atoms with Crippen molar-refractivity contribution in [3.63, 3.8) is 0 Å². The lowest BCUT2D eigenvalue weighted by atomic mass is 9.92. The van der Waals surface area contributed by atoms with Crippen LogP contribution in [0.5, 0.6) is 11.5 Å². The van der Waals surface area contributed by atoms with E-state index in [0.717, 1.165) is 58.0 Å². The summed E-state index contributed by atoms with van der Waals surface area (Å²) in [5, 5.41) is 11.1. The highest BCUT2D eigenvalue weighted by Crippen LogP contribution is 2.43. The van der Waals surface area contributed by atoms with Gasteiger partial charge >= 0.3 is 12.1 Å². The zero-order chi connectivity index (χ0) is 45.9. The number of likely N-dealkylation sites (tertiary alicyclic amines) is 1. The summed E-state index contributed by atoms with van der Waals surface area (Å²) in [6.07, 6.45) is 4.05. The zero-order valence-corrected chi connectivity index (χ0v) is 36.9. The second-order valence-electron chi connectivity index (χ2n) is 15.1. The summed E-state index contributed by atoms with van der Waals surface area (Å²) < 4.78 is 70.9. The molecule has 0 spiro atoms. The summed E-state index contributed by atoms with van der Waals surface area (Å²) in [6.45, 7) is 16.7. The molecule has 1 aliphatic heterocycles. The number of methoxy groups -OCH3 is 2. The fourth-order valence-electron chi connectivity index (χ4n) is 6.50. The lowest BCUT2D eigenvalue weighted by Crippen LogP contribution is -2.20. The predicted octanol–water partition coefficient (Wildman–Crippen LogP) is 12.7. The highest BCUT2D eigenvalue weighted by molar-refractivity contribution is 6.01. The van der Waals surface area contributed by atoms with E-state index in [9.17, 15) is 31.5 Å². The number of allylic oxidation sites excluding steroid dienone is 3. The fraction of sp³-hybridized carbons (Fsp3) is 0.429. The maximum absolute atomic E-state index is 13.6. The van der Waals surface area contributed by atoms with E-state index in [4.69, 9.17) is 20.3 Å². The van der Waals surface area contributed by atoms with Crippen LogP contribution in [-0.2, 0) is 17.8 Å². The minimum Gasteiger partial charge on any atom is -0.496 e. The highest BCUT2D eigenvalue weighted by Gasteiger charge is 2.24. The van der Waals surface area contributed by atoms with E-state index < -0.39 is 36.5 Å². The third-order valence-corrected chi connectivity index (χ3v) is 10.1. The number of nitrogens with zero attached hydrogens (tertiary/aromatic N) is 1. The maximum Gasteiger partial charge on any atom is 0.388 e. The largest absolute Gasteiger partial charge is 0.496 e. The molecule has 1 saturated heterocycles. The molecular formula is C49H63F5N2O5. The number of hydrogen-bond donors (Lipinski definition) is 2. The fourth-order valence-corrected chi connectivity index (χ4v) is 6.50. The molecule has 0 radical (unpaired) electrons. The predicted molar refractivity (Wildman–Crippen MR) is 237 cm³/mol. The monoisotopic (exact) mass is 854 g/mol. The number of amides is 1. The molecule has 334 valence electrons. The van der Waals surface area contributed by atoms with Crippen LogP contribution in [-0.4, -0.2) is 61.5 Å². The average molecular weight is 855 g/mol. The number of fused-ring (bicyclic) bond motifs is 1. The Morgan fingerprint density at radius 2 is 1.62 bits per heavy atom.